The van der Waals surface area contributed by atoms with Crippen LogP contribution in [-0.2, 0) is 32.2 Å². The van der Waals surface area contributed by atoms with E-state index in [1.807, 2.05) is 48.5 Å². The number of rotatable bonds is 12. The summed E-state index contributed by atoms with van der Waals surface area (Å²) in [4.78, 5) is 27.4. The fourth-order valence-corrected chi connectivity index (χ4v) is 5.10. The molecule has 220 valence electrons. The van der Waals surface area contributed by atoms with Crippen molar-refractivity contribution >= 4 is 40.7 Å². The Hall–Kier alpha value is -2.95. The highest BCUT2D eigenvalue weighted by Gasteiger charge is 2.38. The minimum Gasteiger partial charge on any atom is -0.392 e. The van der Waals surface area contributed by atoms with Crippen LogP contribution >= 0.6 is 23.2 Å². The largest absolute Gasteiger partial charge is 0.392 e. The molecular formula is C30H36Cl2N4O5. The van der Waals surface area contributed by atoms with Crippen LogP contribution in [0.1, 0.15) is 68.6 Å². The number of hydrogen-bond acceptors (Lipinski definition) is 6. The van der Waals surface area contributed by atoms with E-state index in [9.17, 15) is 14.7 Å². The number of aromatic nitrogens is 2. The number of nitrogens with one attached hydrogen (secondary N) is 2. The summed E-state index contributed by atoms with van der Waals surface area (Å²) in [5.74, 6) is -0.140. The minimum atomic E-state index is -0.662. The highest BCUT2D eigenvalue weighted by atomic mass is 35.5. The maximum absolute atomic E-state index is 12.4. The lowest BCUT2D eigenvalue weighted by molar-refractivity contribution is -0.276. The first-order chi connectivity index (χ1) is 19.7. The number of unbranched alkanes of at least 4 members (excludes halogenated alkanes) is 2. The van der Waals surface area contributed by atoms with Gasteiger partial charge in [-0.2, -0.15) is 0 Å². The van der Waals surface area contributed by atoms with Gasteiger partial charge >= 0.3 is 0 Å². The third-order valence-corrected chi connectivity index (χ3v) is 7.92. The molecule has 1 saturated heterocycles. The van der Waals surface area contributed by atoms with Crippen molar-refractivity contribution in [3.8, 4) is 0 Å². The monoisotopic (exact) mass is 602 g/mol. The van der Waals surface area contributed by atoms with Crippen LogP contribution < -0.4 is 10.6 Å². The summed E-state index contributed by atoms with van der Waals surface area (Å²) >= 11 is 12.4. The van der Waals surface area contributed by atoms with E-state index in [0.717, 1.165) is 36.0 Å². The van der Waals surface area contributed by atoms with Crippen LogP contribution in [0.5, 0.6) is 0 Å². The topological polar surface area (TPSA) is 115 Å². The first kappa shape index (κ1) is 31.0. The Morgan fingerprint density at radius 1 is 1.00 bits per heavy atom. The van der Waals surface area contributed by atoms with Gasteiger partial charge in [0.1, 0.15) is 5.15 Å². The number of anilines is 1. The summed E-state index contributed by atoms with van der Waals surface area (Å²) in [5, 5.41) is 15.7. The number of carbonyl (C=O) groups is 2. The predicted molar refractivity (Wildman–Crippen MR) is 157 cm³/mol. The highest BCUT2D eigenvalue weighted by molar-refractivity contribution is 6.40. The van der Waals surface area contributed by atoms with Gasteiger partial charge in [0.15, 0.2) is 11.4 Å². The lowest BCUT2D eigenvalue weighted by atomic mass is 9.90. The molecular weight excluding hydrogens is 567 g/mol. The molecule has 1 fully saturated rings. The van der Waals surface area contributed by atoms with Crippen molar-refractivity contribution in [1.29, 1.82) is 0 Å². The van der Waals surface area contributed by atoms with Crippen molar-refractivity contribution in [3.63, 3.8) is 0 Å². The van der Waals surface area contributed by atoms with E-state index < -0.39 is 6.29 Å². The number of hydrogen-bond donors (Lipinski definition) is 3. The highest BCUT2D eigenvalue weighted by Crippen LogP contribution is 2.42. The van der Waals surface area contributed by atoms with E-state index in [0.29, 0.717) is 30.4 Å². The molecule has 1 aliphatic heterocycles. The van der Waals surface area contributed by atoms with Gasteiger partial charge in [0.2, 0.25) is 11.8 Å². The van der Waals surface area contributed by atoms with Crippen molar-refractivity contribution in [3.05, 3.63) is 81.9 Å². The summed E-state index contributed by atoms with van der Waals surface area (Å²) in [7, 11) is 0. The van der Waals surface area contributed by atoms with E-state index in [4.69, 9.17) is 32.7 Å². The van der Waals surface area contributed by atoms with Gasteiger partial charge in [-0.3, -0.25) is 9.59 Å². The van der Waals surface area contributed by atoms with Gasteiger partial charge in [-0.15, -0.1) is 0 Å². The van der Waals surface area contributed by atoms with Crippen LogP contribution in [0.15, 0.2) is 54.9 Å². The van der Waals surface area contributed by atoms with Gasteiger partial charge in [0.25, 0.3) is 0 Å². The van der Waals surface area contributed by atoms with Gasteiger partial charge in [-0.25, -0.2) is 4.98 Å². The van der Waals surface area contributed by atoms with Crippen molar-refractivity contribution in [2.75, 3.05) is 11.9 Å². The number of ether oxygens (including phenoxy) is 2. The molecule has 1 aromatic heterocycles. The maximum atomic E-state index is 12.4. The average Bonchev–Trinajstić information content (AvgIpc) is 3.28. The zero-order valence-corrected chi connectivity index (χ0v) is 24.7. The van der Waals surface area contributed by atoms with Crippen LogP contribution in [0, 0.1) is 5.92 Å². The van der Waals surface area contributed by atoms with Crippen LogP contribution in [0.25, 0.3) is 0 Å². The fraction of sp³-hybridized carbons (Fsp3) is 0.433. The summed E-state index contributed by atoms with van der Waals surface area (Å²) < 4.78 is 14.7. The average molecular weight is 604 g/mol. The first-order valence-electron chi connectivity index (χ1n) is 13.8. The summed E-state index contributed by atoms with van der Waals surface area (Å²) in [6.07, 6.45) is 3.24. The second-order valence-corrected chi connectivity index (χ2v) is 11.0. The van der Waals surface area contributed by atoms with E-state index >= 15 is 0 Å². The van der Waals surface area contributed by atoms with Crippen molar-refractivity contribution < 1.29 is 24.2 Å². The smallest absolute Gasteiger partial charge is 0.224 e. The first-order valence-corrected chi connectivity index (χ1v) is 14.5. The van der Waals surface area contributed by atoms with Gasteiger partial charge < -0.3 is 29.8 Å². The zero-order valence-electron chi connectivity index (χ0n) is 23.2. The molecule has 2 aromatic carbocycles. The van der Waals surface area contributed by atoms with Crippen molar-refractivity contribution in [1.82, 2.24) is 14.9 Å². The molecule has 0 bridgehead atoms. The van der Waals surface area contributed by atoms with Gasteiger partial charge in [0, 0.05) is 37.1 Å². The number of benzene rings is 2. The number of nitrogens with zero attached hydrogens (tertiary/aromatic N) is 2. The van der Waals surface area contributed by atoms with Crippen molar-refractivity contribution in [2.45, 2.75) is 71.2 Å². The van der Waals surface area contributed by atoms with E-state index in [1.54, 1.807) is 10.9 Å². The molecule has 4 rings (SSSR count). The number of halogens is 2. The van der Waals surface area contributed by atoms with E-state index in [-0.39, 0.29) is 41.7 Å². The molecule has 3 N–H and O–H groups in total. The number of aliphatic hydroxyl groups is 1. The molecule has 3 aromatic rings. The minimum absolute atomic E-state index is 0.0307. The summed E-state index contributed by atoms with van der Waals surface area (Å²) in [6.45, 7) is 4.59. The number of carbonyl (C=O) groups excluding carboxylic acids is 2. The van der Waals surface area contributed by atoms with Gasteiger partial charge in [-0.1, -0.05) is 72.9 Å². The lowest BCUT2D eigenvalue weighted by Crippen LogP contribution is -2.39. The fourth-order valence-electron chi connectivity index (χ4n) is 4.79. The molecule has 4 atom stereocenters. The maximum Gasteiger partial charge on any atom is 0.224 e. The summed E-state index contributed by atoms with van der Waals surface area (Å²) in [6, 6.07) is 15.1. The van der Waals surface area contributed by atoms with Crippen LogP contribution in [0.3, 0.4) is 0 Å². The van der Waals surface area contributed by atoms with Gasteiger partial charge in [0.05, 0.1) is 31.7 Å². The Labute approximate surface area is 250 Å². The molecule has 4 unspecified atom stereocenters. The third kappa shape index (κ3) is 8.53. The molecule has 0 aliphatic carbocycles. The lowest BCUT2D eigenvalue weighted by Gasteiger charge is -2.41. The standard InChI is InChI=1S/C30H36Cl2N4O5/c1-19-25(16-36-18-34-28(31)29(36)32)40-30(41-27(19)22-9-7-21(17-37)8-10-22)23-11-13-24(14-12-23)35-26(39)6-4-3-5-15-33-20(2)38/h7-14,18-19,25,27,30,37H,3-6,15-17H2,1-2H3,(H,33,38)(H,35,39). The third-order valence-electron chi connectivity index (χ3n) is 7.15. The molecule has 2 heterocycles. The van der Waals surface area contributed by atoms with E-state index in [1.165, 1.54) is 6.92 Å². The SMILES string of the molecule is CC(=O)NCCCCCC(=O)Nc1ccc(C2OC(Cn3cnc(Cl)c3Cl)C(C)C(c3ccc(CO)cc3)O2)cc1. The predicted octanol–water partition coefficient (Wildman–Crippen LogP) is 5.81. The van der Waals surface area contributed by atoms with Gasteiger partial charge in [-0.05, 0) is 36.1 Å². The molecule has 2 amide bonds. The molecule has 9 nitrogen and oxygen atoms in total. The Morgan fingerprint density at radius 3 is 2.34 bits per heavy atom. The molecule has 1 aliphatic rings. The number of aliphatic hydroxyl groups excluding tert-OH is 1. The number of imidazole rings is 1. The second kappa shape index (κ2) is 14.8. The molecule has 41 heavy (non-hydrogen) atoms. The van der Waals surface area contributed by atoms with E-state index in [2.05, 4.69) is 22.5 Å². The Bertz CT molecular complexity index is 1300. The summed E-state index contributed by atoms with van der Waals surface area (Å²) in [5.41, 5.74) is 3.30. The molecule has 0 spiro atoms. The quantitative estimate of drug-likeness (QED) is 0.225. The number of amides is 2. The van der Waals surface area contributed by atoms with Crippen LogP contribution in [-0.4, -0.2) is 39.1 Å². The second-order valence-electron chi connectivity index (χ2n) is 10.3. The van der Waals surface area contributed by atoms with Crippen LogP contribution in [0.2, 0.25) is 10.3 Å². The Morgan fingerprint density at radius 2 is 1.71 bits per heavy atom. The van der Waals surface area contributed by atoms with Crippen LogP contribution in [0.4, 0.5) is 5.69 Å². The zero-order chi connectivity index (χ0) is 29.4. The molecule has 0 saturated carbocycles. The normalized spacial score (nSPS) is 20.5. The Balaban J connectivity index is 1.42. The molecule has 11 heteroatoms. The van der Waals surface area contributed by atoms with Crippen molar-refractivity contribution in [2.24, 2.45) is 5.92 Å². The molecule has 0 radical (unpaired) electrons. The Kier molecular flexibility index (Phi) is 11.2.